The maximum absolute atomic E-state index is 15.1. The molecular weight excluding hydrogens is 717 g/mol. The third-order valence-electron chi connectivity index (χ3n) is 11.4. The van der Waals surface area contributed by atoms with Gasteiger partial charge >= 0.3 is 0 Å². The molecule has 10 rings (SSSR count). The summed E-state index contributed by atoms with van der Waals surface area (Å²) in [4.78, 5) is 3.97. The molecule has 1 aliphatic carbocycles. The van der Waals surface area contributed by atoms with Gasteiger partial charge < -0.3 is 9.80 Å². The summed E-state index contributed by atoms with van der Waals surface area (Å²) in [6, 6.07) is 53.1. The quantitative estimate of drug-likeness (QED) is 0.156. The van der Waals surface area contributed by atoms with Crippen molar-refractivity contribution in [2.45, 2.75) is 19.3 Å². The lowest BCUT2D eigenvalue weighted by molar-refractivity contribution is 0.509. The molecule has 0 aliphatic heterocycles. The molecule has 0 saturated carbocycles. The molecule has 0 aromatic heterocycles. The van der Waals surface area contributed by atoms with Crippen LogP contribution in [0.3, 0.4) is 0 Å². The van der Waals surface area contributed by atoms with Crippen molar-refractivity contribution in [2.75, 3.05) is 9.80 Å². The van der Waals surface area contributed by atoms with Crippen molar-refractivity contribution in [1.82, 2.24) is 0 Å². The first-order valence-corrected chi connectivity index (χ1v) is 18.8. The Kier molecular flexibility index (Phi) is 7.94. The van der Waals surface area contributed by atoms with Gasteiger partial charge in [0.15, 0.2) is 23.3 Å². The summed E-state index contributed by atoms with van der Waals surface area (Å²) in [5.74, 6) is -3.68. The Morgan fingerprint density at radius 1 is 0.368 bits per heavy atom. The van der Waals surface area contributed by atoms with Gasteiger partial charge in [0.25, 0.3) is 0 Å². The van der Waals surface area contributed by atoms with E-state index >= 15 is 4.39 Å². The van der Waals surface area contributed by atoms with Crippen LogP contribution < -0.4 is 9.80 Å². The number of nitrogens with zero attached hydrogens (tertiary/aromatic N) is 2. The monoisotopic (exact) mass is 750 g/mol. The summed E-state index contributed by atoms with van der Waals surface area (Å²) >= 11 is 0. The highest BCUT2D eigenvalue weighted by Crippen LogP contribution is 2.56. The average Bonchev–Trinajstić information content (AvgIpc) is 3.46. The second-order valence-electron chi connectivity index (χ2n) is 15.1. The number of rotatable bonds is 6. The smallest absolute Gasteiger partial charge is 0.160 e. The van der Waals surface area contributed by atoms with Crippen LogP contribution in [0.25, 0.3) is 43.4 Å². The first-order valence-electron chi connectivity index (χ1n) is 18.8. The first kappa shape index (κ1) is 34.6. The van der Waals surface area contributed by atoms with E-state index in [-0.39, 0.29) is 0 Å². The third kappa shape index (κ3) is 5.62. The van der Waals surface area contributed by atoms with Gasteiger partial charge in [-0.2, -0.15) is 0 Å². The molecule has 276 valence electrons. The van der Waals surface area contributed by atoms with Crippen molar-refractivity contribution >= 4 is 66.4 Å². The highest BCUT2D eigenvalue weighted by atomic mass is 19.2. The van der Waals surface area contributed by atoms with Crippen molar-refractivity contribution in [3.05, 3.63) is 204 Å². The minimum absolute atomic E-state index is 0.488. The van der Waals surface area contributed by atoms with Crippen LogP contribution in [0, 0.1) is 23.3 Å². The fourth-order valence-corrected chi connectivity index (χ4v) is 8.63. The van der Waals surface area contributed by atoms with Gasteiger partial charge in [-0.1, -0.05) is 105 Å². The number of fused-ring (bicyclic) bond motifs is 7. The van der Waals surface area contributed by atoms with Crippen molar-refractivity contribution in [1.29, 1.82) is 0 Å². The van der Waals surface area contributed by atoms with Crippen LogP contribution in [0.5, 0.6) is 0 Å². The summed E-state index contributed by atoms with van der Waals surface area (Å²) in [5, 5.41) is 6.14. The standard InChI is InChI=1S/C51H34F4N2/c1-51(2)43-27-37(56(38-20-23-45(52)47(54)28-38)35-17-15-31-9-3-5-11-33(31)25-35)19-22-42(43)50-41-14-8-7-13-40(41)49(30-44(50)51)57(39-21-24-46(53)48(55)29-39)36-18-16-32-10-4-6-12-34(32)26-36/h3-30H,1-2H3. The van der Waals surface area contributed by atoms with Gasteiger partial charge in [-0.05, 0) is 116 Å². The van der Waals surface area contributed by atoms with Crippen LogP contribution in [-0.4, -0.2) is 0 Å². The second-order valence-corrected chi connectivity index (χ2v) is 15.1. The number of anilines is 6. The summed E-state index contributed by atoms with van der Waals surface area (Å²) < 4.78 is 58.8. The molecular formula is C51H34F4N2. The molecule has 2 nitrogen and oxygen atoms in total. The summed E-state index contributed by atoms with van der Waals surface area (Å²) in [6.07, 6.45) is 0. The topological polar surface area (TPSA) is 6.48 Å². The molecule has 0 atom stereocenters. The molecule has 9 aromatic rings. The molecule has 6 heteroatoms. The van der Waals surface area contributed by atoms with Crippen LogP contribution in [-0.2, 0) is 5.41 Å². The fraction of sp³-hybridized carbons (Fsp3) is 0.0588. The van der Waals surface area contributed by atoms with Crippen molar-refractivity contribution < 1.29 is 17.6 Å². The van der Waals surface area contributed by atoms with E-state index in [0.717, 1.165) is 83.4 Å². The van der Waals surface area contributed by atoms with Gasteiger partial charge in [0.1, 0.15) is 0 Å². The lowest BCUT2D eigenvalue weighted by Gasteiger charge is -2.30. The SMILES string of the molecule is CC1(C)c2cc(N(c3ccc(F)c(F)c3)c3ccc4ccccc4c3)ccc2-c2c1cc(N(c1ccc(F)c(F)c1)c1ccc3ccccc3c1)c1ccccc21. The predicted octanol–water partition coefficient (Wildman–Crippen LogP) is 14.9. The second kappa shape index (κ2) is 13.1. The molecule has 0 radical (unpaired) electrons. The normalized spacial score (nSPS) is 12.9. The summed E-state index contributed by atoms with van der Waals surface area (Å²) in [5.41, 5.74) is 7.96. The van der Waals surface area contributed by atoms with E-state index in [1.54, 1.807) is 12.1 Å². The molecule has 0 unspecified atom stereocenters. The van der Waals surface area contributed by atoms with Crippen molar-refractivity contribution in [3.63, 3.8) is 0 Å². The van der Waals surface area contributed by atoms with E-state index in [9.17, 15) is 13.2 Å². The Morgan fingerprint density at radius 3 is 1.42 bits per heavy atom. The number of hydrogen-bond acceptors (Lipinski definition) is 2. The minimum atomic E-state index is -0.930. The zero-order valence-corrected chi connectivity index (χ0v) is 31.1. The Labute approximate surface area is 327 Å². The Hall–Kier alpha value is -6.92. The van der Waals surface area contributed by atoms with Crippen molar-refractivity contribution in [3.8, 4) is 11.1 Å². The van der Waals surface area contributed by atoms with Gasteiger partial charge in [0.05, 0.1) is 5.69 Å². The maximum atomic E-state index is 15.1. The maximum Gasteiger partial charge on any atom is 0.160 e. The van der Waals surface area contributed by atoms with E-state index in [1.807, 2.05) is 101 Å². The molecule has 0 saturated heterocycles. The molecule has 0 N–H and O–H groups in total. The number of hydrogen-bond donors (Lipinski definition) is 0. The van der Waals surface area contributed by atoms with Crippen LogP contribution >= 0.6 is 0 Å². The van der Waals surface area contributed by atoms with Crippen molar-refractivity contribution in [2.24, 2.45) is 0 Å². The average molecular weight is 751 g/mol. The molecule has 0 spiro atoms. The van der Waals surface area contributed by atoms with Gasteiger partial charge in [-0.25, -0.2) is 17.6 Å². The third-order valence-corrected chi connectivity index (χ3v) is 11.4. The zero-order valence-electron chi connectivity index (χ0n) is 31.1. The molecule has 57 heavy (non-hydrogen) atoms. The van der Waals surface area contributed by atoms with Gasteiger partial charge in [-0.3, -0.25) is 0 Å². The molecule has 0 heterocycles. The van der Waals surface area contributed by atoms with E-state index < -0.39 is 28.7 Å². The lowest BCUT2D eigenvalue weighted by Crippen LogP contribution is -2.18. The highest BCUT2D eigenvalue weighted by molar-refractivity contribution is 6.10. The molecule has 0 fully saturated rings. The fourth-order valence-electron chi connectivity index (χ4n) is 8.63. The van der Waals surface area contributed by atoms with Crippen LogP contribution in [0.4, 0.5) is 51.7 Å². The predicted molar refractivity (Wildman–Crippen MR) is 226 cm³/mol. The molecule has 0 amide bonds. The van der Waals surface area contributed by atoms with E-state index in [2.05, 4.69) is 56.3 Å². The van der Waals surface area contributed by atoms with Gasteiger partial charge in [-0.15, -0.1) is 0 Å². The van der Waals surface area contributed by atoms with E-state index in [0.29, 0.717) is 11.4 Å². The molecule has 1 aliphatic rings. The minimum Gasteiger partial charge on any atom is -0.310 e. The Bertz CT molecular complexity index is 3080. The first-order chi connectivity index (χ1) is 27.7. The van der Waals surface area contributed by atoms with Gasteiger partial charge in [0, 0.05) is 51.4 Å². The molecule has 0 bridgehead atoms. The zero-order chi connectivity index (χ0) is 39.0. The van der Waals surface area contributed by atoms with Crippen LogP contribution in [0.1, 0.15) is 25.0 Å². The Morgan fingerprint density at radius 2 is 0.825 bits per heavy atom. The summed E-state index contributed by atoms with van der Waals surface area (Å²) in [7, 11) is 0. The summed E-state index contributed by atoms with van der Waals surface area (Å²) in [6.45, 7) is 4.38. The molecule has 9 aromatic carbocycles. The van der Waals surface area contributed by atoms with Gasteiger partial charge in [0.2, 0.25) is 0 Å². The number of benzene rings is 9. The largest absolute Gasteiger partial charge is 0.310 e. The highest BCUT2D eigenvalue weighted by Gasteiger charge is 2.38. The van der Waals surface area contributed by atoms with E-state index in [1.165, 1.54) is 18.2 Å². The van der Waals surface area contributed by atoms with E-state index in [4.69, 9.17) is 0 Å². The number of halogens is 4. The van der Waals surface area contributed by atoms with Crippen LogP contribution in [0.2, 0.25) is 0 Å². The Balaban J connectivity index is 1.18. The lowest BCUT2D eigenvalue weighted by atomic mass is 9.81. The van der Waals surface area contributed by atoms with Crippen LogP contribution in [0.15, 0.2) is 170 Å².